The Bertz CT molecular complexity index is 671. The van der Waals surface area contributed by atoms with Gasteiger partial charge in [0.05, 0.1) is 5.75 Å². The fourth-order valence-corrected chi connectivity index (χ4v) is 4.58. The molecule has 1 saturated heterocycles. The second-order valence-electron chi connectivity index (χ2n) is 6.57. The van der Waals surface area contributed by atoms with Crippen LogP contribution in [-0.2, 0) is 14.8 Å². The van der Waals surface area contributed by atoms with E-state index in [1.54, 1.807) is 28.6 Å². The molecule has 1 heterocycles. The lowest BCUT2D eigenvalue weighted by Crippen LogP contribution is -2.49. The fraction of sp³-hybridized carbons (Fsp3) is 0.611. The number of anilines is 1. The Morgan fingerprint density at radius 2 is 1.77 bits per heavy atom. The maximum Gasteiger partial charge on any atom is 0.225 e. The van der Waals surface area contributed by atoms with Gasteiger partial charge in [0.1, 0.15) is 0 Å². The first-order chi connectivity index (χ1) is 12.4. The lowest BCUT2D eigenvalue weighted by Gasteiger charge is -2.33. The number of rotatable bonds is 9. The van der Waals surface area contributed by atoms with Gasteiger partial charge in [-0.15, -0.1) is 0 Å². The summed E-state index contributed by atoms with van der Waals surface area (Å²) < 4.78 is 26.2. The molecule has 0 atom stereocenters. The number of carbonyl (C=O) groups is 1. The number of hydrogen-bond donors (Lipinski definition) is 1. The molecule has 26 heavy (non-hydrogen) atoms. The van der Waals surface area contributed by atoms with E-state index < -0.39 is 10.0 Å². The van der Waals surface area contributed by atoms with Crippen molar-refractivity contribution in [1.29, 1.82) is 0 Å². The summed E-state index contributed by atoms with van der Waals surface area (Å²) in [5.41, 5.74) is 0.724. The topological polar surface area (TPSA) is 69.7 Å². The average Bonchev–Trinajstić information content (AvgIpc) is 2.62. The number of benzene rings is 1. The second-order valence-corrected chi connectivity index (χ2v) is 9.09. The van der Waals surface area contributed by atoms with Crippen molar-refractivity contribution in [1.82, 2.24) is 9.21 Å². The van der Waals surface area contributed by atoms with Gasteiger partial charge in [0.2, 0.25) is 15.9 Å². The summed E-state index contributed by atoms with van der Waals surface area (Å²) in [6.07, 6.45) is 3.07. The zero-order valence-corrected chi connectivity index (χ0v) is 16.9. The van der Waals surface area contributed by atoms with Crippen molar-refractivity contribution in [2.45, 2.75) is 32.6 Å². The Labute approximate surface area is 161 Å². The van der Waals surface area contributed by atoms with Gasteiger partial charge in [-0.05, 0) is 30.7 Å². The molecule has 0 spiro atoms. The van der Waals surface area contributed by atoms with E-state index in [4.69, 9.17) is 11.6 Å². The highest BCUT2D eigenvalue weighted by atomic mass is 35.5. The standard InChI is InChI=1S/C18H28ClN3O3S/c1-2-3-4-15-26(24,25)22-13-11-21(12-14-22)10-9-18(23)20-17-7-5-16(19)6-8-17/h5-8H,2-4,9-15H2,1H3,(H,20,23). The molecular weight excluding hydrogens is 374 g/mol. The lowest BCUT2D eigenvalue weighted by atomic mass is 10.3. The number of unbranched alkanes of at least 4 members (excludes halogenated alkanes) is 2. The second kappa shape index (κ2) is 10.3. The molecule has 0 bridgehead atoms. The van der Waals surface area contributed by atoms with Crippen molar-refractivity contribution in [2.24, 2.45) is 0 Å². The molecule has 6 nitrogen and oxygen atoms in total. The summed E-state index contributed by atoms with van der Waals surface area (Å²) in [6, 6.07) is 7.00. The Balaban J connectivity index is 1.69. The number of nitrogens with zero attached hydrogens (tertiary/aromatic N) is 2. The van der Waals surface area contributed by atoms with Crippen LogP contribution < -0.4 is 5.32 Å². The van der Waals surface area contributed by atoms with Crippen molar-refractivity contribution in [2.75, 3.05) is 43.8 Å². The average molecular weight is 402 g/mol. The zero-order valence-electron chi connectivity index (χ0n) is 15.3. The highest BCUT2D eigenvalue weighted by molar-refractivity contribution is 7.89. The smallest absolute Gasteiger partial charge is 0.225 e. The molecule has 1 N–H and O–H groups in total. The molecule has 1 aliphatic rings. The monoisotopic (exact) mass is 401 g/mol. The summed E-state index contributed by atoms with van der Waals surface area (Å²) in [5.74, 6) is 0.187. The van der Waals surface area contributed by atoms with E-state index in [-0.39, 0.29) is 11.7 Å². The molecule has 2 rings (SSSR count). The molecular formula is C18H28ClN3O3S. The number of halogens is 1. The van der Waals surface area contributed by atoms with E-state index in [2.05, 4.69) is 17.1 Å². The molecule has 0 aliphatic carbocycles. The molecule has 0 aromatic heterocycles. The minimum Gasteiger partial charge on any atom is -0.326 e. The number of amides is 1. The van der Waals surface area contributed by atoms with Gasteiger partial charge >= 0.3 is 0 Å². The Kier molecular flexibility index (Phi) is 8.34. The predicted octanol–water partition coefficient (Wildman–Crippen LogP) is 2.81. The van der Waals surface area contributed by atoms with Crippen LogP contribution in [0, 0.1) is 0 Å². The van der Waals surface area contributed by atoms with Gasteiger partial charge in [-0.3, -0.25) is 4.79 Å². The van der Waals surface area contributed by atoms with Crippen LogP contribution in [0.3, 0.4) is 0 Å². The molecule has 0 saturated carbocycles. The van der Waals surface area contributed by atoms with E-state index >= 15 is 0 Å². The minimum atomic E-state index is -3.14. The van der Waals surface area contributed by atoms with Crippen molar-refractivity contribution in [3.63, 3.8) is 0 Å². The third kappa shape index (κ3) is 6.87. The van der Waals surface area contributed by atoms with Crippen LogP contribution in [0.4, 0.5) is 5.69 Å². The van der Waals surface area contributed by atoms with Crippen LogP contribution in [-0.4, -0.2) is 62.0 Å². The Morgan fingerprint density at radius 1 is 1.12 bits per heavy atom. The van der Waals surface area contributed by atoms with Crippen LogP contribution >= 0.6 is 11.6 Å². The van der Waals surface area contributed by atoms with E-state index in [1.807, 2.05) is 0 Å². The third-order valence-corrected chi connectivity index (χ3v) is 6.72. The van der Waals surface area contributed by atoms with Crippen LogP contribution in [0.15, 0.2) is 24.3 Å². The normalized spacial score (nSPS) is 16.5. The number of carbonyl (C=O) groups excluding carboxylic acids is 1. The quantitative estimate of drug-likeness (QED) is 0.646. The first-order valence-electron chi connectivity index (χ1n) is 9.16. The summed E-state index contributed by atoms with van der Waals surface area (Å²) >= 11 is 5.82. The van der Waals surface area contributed by atoms with Crippen LogP contribution in [0.25, 0.3) is 0 Å². The first-order valence-corrected chi connectivity index (χ1v) is 11.1. The SMILES string of the molecule is CCCCCS(=O)(=O)N1CCN(CCC(=O)Nc2ccc(Cl)cc2)CC1. The highest BCUT2D eigenvalue weighted by Gasteiger charge is 2.26. The lowest BCUT2D eigenvalue weighted by molar-refractivity contribution is -0.116. The van der Waals surface area contributed by atoms with Crippen molar-refractivity contribution in [3.05, 3.63) is 29.3 Å². The van der Waals surface area contributed by atoms with E-state index in [0.717, 1.165) is 24.9 Å². The molecule has 1 fully saturated rings. The van der Waals surface area contributed by atoms with Gasteiger partial charge in [0.15, 0.2) is 0 Å². The van der Waals surface area contributed by atoms with E-state index in [0.29, 0.717) is 44.2 Å². The molecule has 1 aromatic rings. The van der Waals surface area contributed by atoms with Gasteiger partial charge in [-0.2, -0.15) is 4.31 Å². The molecule has 1 amide bonds. The molecule has 1 aliphatic heterocycles. The van der Waals surface area contributed by atoms with Gasteiger partial charge in [0, 0.05) is 49.9 Å². The van der Waals surface area contributed by atoms with Crippen molar-refractivity contribution >= 4 is 33.2 Å². The van der Waals surface area contributed by atoms with E-state index in [9.17, 15) is 13.2 Å². The third-order valence-electron chi connectivity index (χ3n) is 4.51. The summed E-state index contributed by atoms with van der Waals surface area (Å²) in [5, 5.41) is 3.47. The van der Waals surface area contributed by atoms with Crippen LogP contribution in [0.2, 0.25) is 5.02 Å². The van der Waals surface area contributed by atoms with Gasteiger partial charge < -0.3 is 10.2 Å². The van der Waals surface area contributed by atoms with Crippen LogP contribution in [0.5, 0.6) is 0 Å². The van der Waals surface area contributed by atoms with Crippen molar-refractivity contribution in [3.8, 4) is 0 Å². The molecule has 1 aromatic carbocycles. The molecule has 146 valence electrons. The Morgan fingerprint density at radius 3 is 2.38 bits per heavy atom. The van der Waals surface area contributed by atoms with Gasteiger partial charge in [0.25, 0.3) is 0 Å². The fourth-order valence-electron chi connectivity index (χ4n) is 2.91. The number of hydrogen-bond acceptors (Lipinski definition) is 4. The maximum atomic E-state index is 12.3. The summed E-state index contributed by atoms with van der Waals surface area (Å²) in [4.78, 5) is 14.2. The molecule has 0 radical (unpaired) electrons. The number of nitrogens with one attached hydrogen (secondary N) is 1. The van der Waals surface area contributed by atoms with Gasteiger partial charge in [-0.1, -0.05) is 31.4 Å². The molecule has 8 heteroatoms. The zero-order chi connectivity index (χ0) is 19.0. The predicted molar refractivity (Wildman–Crippen MR) is 106 cm³/mol. The molecule has 0 unspecified atom stereocenters. The minimum absolute atomic E-state index is 0.0538. The van der Waals surface area contributed by atoms with Gasteiger partial charge in [-0.25, -0.2) is 8.42 Å². The largest absolute Gasteiger partial charge is 0.326 e. The Hall–Kier alpha value is -1.15. The number of sulfonamides is 1. The van der Waals surface area contributed by atoms with Crippen LogP contribution in [0.1, 0.15) is 32.6 Å². The first kappa shape index (κ1) is 21.2. The summed E-state index contributed by atoms with van der Waals surface area (Å²) in [6.45, 7) is 5.04. The van der Waals surface area contributed by atoms with Crippen molar-refractivity contribution < 1.29 is 13.2 Å². The number of piperazine rings is 1. The highest BCUT2D eigenvalue weighted by Crippen LogP contribution is 2.14. The van der Waals surface area contributed by atoms with E-state index in [1.165, 1.54) is 0 Å². The summed E-state index contributed by atoms with van der Waals surface area (Å²) in [7, 11) is -3.14. The maximum absolute atomic E-state index is 12.3.